The quantitative estimate of drug-likeness (QED) is 0.547. The normalized spacial score (nSPS) is 11.2. The molecule has 2 rings (SSSR count). The zero-order chi connectivity index (χ0) is 24.4. The van der Waals surface area contributed by atoms with Crippen molar-refractivity contribution in [1.82, 2.24) is 14.7 Å². The molecule has 0 fully saturated rings. The van der Waals surface area contributed by atoms with Crippen LogP contribution in [0.5, 0.6) is 0 Å². The van der Waals surface area contributed by atoms with Gasteiger partial charge in [0.05, 0.1) is 11.6 Å². The minimum atomic E-state index is -0.394. The van der Waals surface area contributed by atoms with Crippen molar-refractivity contribution < 1.29 is 9.59 Å². The van der Waals surface area contributed by atoms with Gasteiger partial charge >= 0.3 is 0 Å². The third-order valence-corrected chi connectivity index (χ3v) is 5.75. The monoisotopic (exact) mass is 448 g/mol. The number of benzene rings is 2. The summed E-state index contributed by atoms with van der Waals surface area (Å²) < 4.78 is 0. The molecule has 0 spiro atoms. The first-order chi connectivity index (χ1) is 15.7. The molecule has 0 aliphatic heterocycles. The number of likely N-dealkylation sites (N-methyl/N-ethyl adjacent to an activating group) is 1. The maximum atomic E-state index is 13.5. The highest BCUT2D eigenvalue weighted by Crippen LogP contribution is 2.19. The van der Waals surface area contributed by atoms with Crippen LogP contribution in [0.3, 0.4) is 0 Å². The van der Waals surface area contributed by atoms with Gasteiger partial charge in [0.2, 0.25) is 5.91 Å². The van der Waals surface area contributed by atoms with Crippen molar-refractivity contribution in [1.29, 1.82) is 5.26 Å². The van der Waals surface area contributed by atoms with Gasteiger partial charge in [-0.15, -0.1) is 0 Å². The van der Waals surface area contributed by atoms with E-state index in [1.807, 2.05) is 56.0 Å². The summed E-state index contributed by atoms with van der Waals surface area (Å²) in [6, 6.07) is 18.5. The fourth-order valence-electron chi connectivity index (χ4n) is 3.64. The van der Waals surface area contributed by atoms with E-state index >= 15 is 0 Å². The molecule has 176 valence electrons. The zero-order valence-corrected chi connectivity index (χ0v) is 20.5. The van der Waals surface area contributed by atoms with E-state index < -0.39 is 5.54 Å². The van der Waals surface area contributed by atoms with Gasteiger partial charge in [-0.3, -0.25) is 9.59 Å². The van der Waals surface area contributed by atoms with E-state index in [1.165, 1.54) is 0 Å². The van der Waals surface area contributed by atoms with Crippen LogP contribution in [-0.4, -0.2) is 64.8 Å². The number of carbonyl (C=O) groups is 2. The molecular weight excluding hydrogens is 412 g/mol. The van der Waals surface area contributed by atoms with Gasteiger partial charge in [0, 0.05) is 30.7 Å². The Balaban J connectivity index is 2.26. The highest BCUT2D eigenvalue weighted by molar-refractivity contribution is 5.96. The number of rotatable bonds is 10. The van der Waals surface area contributed by atoms with Crippen LogP contribution in [0.1, 0.15) is 56.1 Å². The molecule has 2 aromatic rings. The molecule has 6 nitrogen and oxygen atoms in total. The number of hydrogen-bond donors (Lipinski definition) is 0. The van der Waals surface area contributed by atoms with E-state index in [2.05, 4.69) is 24.8 Å². The van der Waals surface area contributed by atoms with Crippen LogP contribution >= 0.6 is 0 Å². The van der Waals surface area contributed by atoms with Crippen LogP contribution < -0.4 is 0 Å². The molecule has 0 saturated carbocycles. The smallest absolute Gasteiger partial charge is 0.254 e. The lowest BCUT2D eigenvalue weighted by Crippen LogP contribution is -2.51. The number of nitrogens with zero attached hydrogens (tertiary/aromatic N) is 4. The standard InChI is InChI=1S/C27H36N4O2/c1-6-29(7-2)17-18-30(26(33)24-15-13-22(19-28)14-16-24)21-25(32)31(27(3,4)5)20-23-11-9-8-10-12-23/h8-16H,6-7,17-18,20-21H2,1-5H3. The third kappa shape index (κ3) is 7.73. The Hall–Kier alpha value is -3.17. The van der Waals surface area contributed by atoms with Gasteiger partial charge in [-0.25, -0.2) is 0 Å². The van der Waals surface area contributed by atoms with Crippen molar-refractivity contribution in [2.75, 3.05) is 32.7 Å². The molecule has 2 aromatic carbocycles. The number of carbonyl (C=O) groups excluding carboxylic acids is 2. The SMILES string of the molecule is CCN(CC)CCN(CC(=O)N(Cc1ccccc1)C(C)(C)C)C(=O)c1ccc(C#N)cc1. The van der Waals surface area contributed by atoms with Gasteiger partial charge in [-0.05, 0) is 63.7 Å². The van der Waals surface area contributed by atoms with E-state index in [9.17, 15) is 9.59 Å². The Morgan fingerprint density at radius 2 is 1.52 bits per heavy atom. The van der Waals surface area contributed by atoms with Gasteiger partial charge in [0.15, 0.2) is 0 Å². The summed E-state index contributed by atoms with van der Waals surface area (Å²) in [5.41, 5.74) is 1.63. The fraction of sp³-hybridized carbons (Fsp3) is 0.444. The minimum absolute atomic E-state index is 0.00417. The molecule has 6 heteroatoms. The molecule has 0 unspecified atom stereocenters. The van der Waals surface area contributed by atoms with Gasteiger partial charge in [-0.1, -0.05) is 44.2 Å². The topological polar surface area (TPSA) is 67.7 Å². The largest absolute Gasteiger partial charge is 0.332 e. The summed E-state index contributed by atoms with van der Waals surface area (Å²) in [4.78, 5) is 32.5. The molecule has 0 aliphatic rings. The number of hydrogen-bond acceptors (Lipinski definition) is 4. The molecule has 0 bridgehead atoms. The Kier molecular flexibility index (Phi) is 9.62. The predicted octanol–water partition coefficient (Wildman–Crippen LogP) is 4.17. The van der Waals surface area contributed by atoms with E-state index in [-0.39, 0.29) is 18.4 Å². The highest BCUT2D eigenvalue weighted by Gasteiger charge is 2.29. The van der Waals surface area contributed by atoms with E-state index in [0.29, 0.717) is 30.8 Å². The molecule has 0 saturated heterocycles. The second-order valence-corrected chi connectivity index (χ2v) is 9.08. The van der Waals surface area contributed by atoms with Crippen LogP contribution in [0.25, 0.3) is 0 Å². The predicted molar refractivity (Wildman–Crippen MR) is 132 cm³/mol. The summed E-state index contributed by atoms with van der Waals surface area (Å²) in [5.74, 6) is -0.290. The lowest BCUT2D eigenvalue weighted by Gasteiger charge is -2.37. The van der Waals surface area contributed by atoms with Crippen molar-refractivity contribution in [3.05, 3.63) is 71.3 Å². The molecule has 0 aromatic heterocycles. The second kappa shape index (κ2) is 12.2. The van der Waals surface area contributed by atoms with E-state index in [4.69, 9.17) is 5.26 Å². The Bertz CT molecular complexity index is 939. The van der Waals surface area contributed by atoms with Crippen molar-refractivity contribution in [3.8, 4) is 6.07 Å². The Morgan fingerprint density at radius 1 is 0.909 bits per heavy atom. The van der Waals surface area contributed by atoms with E-state index in [1.54, 1.807) is 29.2 Å². The van der Waals surface area contributed by atoms with Crippen molar-refractivity contribution in [2.24, 2.45) is 0 Å². The molecule has 0 N–H and O–H groups in total. The van der Waals surface area contributed by atoms with Crippen molar-refractivity contribution >= 4 is 11.8 Å². The fourth-order valence-corrected chi connectivity index (χ4v) is 3.64. The Labute approximate surface area is 198 Å². The third-order valence-electron chi connectivity index (χ3n) is 5.75. The number of amides is 2. The van der Waals surface area contributed by atoms with Crippen LogP contribution in [0, 0.1) is 11.3 Å². The van der Waals surface area contributed by atoms with Gasteiger partial charge in [0.25, 0.3) is 5.91 Å². The second-order valence-electron chi connectivity index (χ2n) is 9.08. The average molecular weight is 449 g/mol. The lowest BCUT2D eigenvalue weighted by molar-refractivity contribution is -0.137. The highest BCUT2D eigenvalue weighted by atomic mass is 16.2. The zero-order valence-electron chi connectivity index (χ0n) is 20.5. The first-order valence-corrected chi connectivity index (χ1v) is 11.6. The van der Waals surface area contributed by atoms with E-state index in [0.717, 1.165) is 18.7 Å². The molecule has 0 radical (unpaired) electrons. The summed E-state index contributed by atoms with van der Waals surface area (Å²) in [6.45, 7) is 13.6. The maximum Gasteiger partial charge on any atom is 0.254 e. The average Bonchev–Trinajstić information content (AvgIpc) is 2.81. The Morgan fingerprint density at radius 3 is 2.03 bits per heavy atom. The maximum absolute atomic E-state index is 13.5. The van der Waals surface area contributed by atoms with Crippen LogP contribution in [0.15, 0.2) is 54.6 Å². The summed E-state index contributed by atoms with van der Waals surface area (Å²) >= 11 is 0. The molecule has 33 heavy (non-hydrogen) atoms. The summed E-state index contributed by atoms with van der Waals surface area (Å²) in [7, 11) is 0. The van der Waals surface area contributed by atoms with Crippen molar-refractivity contribution in [2.45, 2.75) is 46.7 Å². The molecule has 0 heterocycles. The first-order valence-electron chi connectivity index (χ1n) is 11.6. The summed E-state index contributed by atoms with van der Waals surface area (Å²) in [5, 5.41) is 9.05. The first kappa shape index (κ1) is 26.1. The van der Waals surface area contributed by atoms with Gasteiger partial charge < -0.3 is 14.7 Å². The van der Waals surface area contributed by atoms with Crippen LogP contribution in [0.4, 0.5) is 0 Å². The lowest BCUT2D eigenvalue weighted by atomic mass is 10.0. The molecule has 0 aliphatic carbocycles. The molecule has 2 amide bonds. The number of nitriles is 1. The molecule has 0 atom stereocenters. The van der Waals surface area contributed by atoms with Crippen LogP contribution in [-0.2, 0) is 11.3 Å². The molecular formula is C27H36N4O2. The van der Waals surface area contributed by atoms with Crippen molar-refractivity contribution in [3.63, 3.8) is 0 Å². The van der Waals surface area contributed by atoms with Crippen LogP contribution in [0.2, 0.25) is 0 Å². The summed E-state index contributed by atoms with van der Waals surface area (Å²) in [6.07, 6.45) is 0. The van der Waals surface area contributed by atoms with Gasteiger partial charge in [0.1, 0.15) is 6.54 Å². The van der Waals surface area contributed by atoms with Gasteiger partial charge in [-0.2, -0.15) is 5.26 Å². The minimum Gasteiger partial charge on any atom is -0.332 e.